The van der Waals surface area contributed by atoms with Gasteiger partial charge in [-0.15, -0.1) is 0 Å². The third-order valence-corrected chi connectivity index (χ3v) is 5.09. The first kappa shape index (κ1) is 17.6. The summed E-state index contributed by atoms with van der Waals surface area (Å²) in [5.41, 5.74) is 0. The maximum Gasteiger partial charge on any atom is 0.328 e. The van der Waals surface area contributed by atoms with E-state index in [2.05, 4.69) is 42.5 Å². The molecule has 0 saturated heterocycles. The summed E-state index contributed by atoms with van der Waals surface area (Å²) in [6.45, 7) is 7.37. The van der Waals surface area contributed by atoms with Gasteiger partial charge in [0.05, 0.1) is 9.65 Å². The zero-order valence-electron chi connectivity index (χ0n) is 10.8. The van der Waals surface area contributed by atoms with Gasteiger partial charge in [-0.2, -0.15) is 0 Å². The zero-order valence-corrected chi connectivity index (χ0v) is 14.0. The summed E-state index contributed by atoms with van der Waals surface area (Å²) in [5, 5.41) is 4.22. The first-order chi connectivity index (χ1) is 8.16. The van der Waals surface area contributed by atoms with Crippen molar-refractivity contribution in [2.75, 3.05) is 0 Å². The lowest BCUT2D eigenvalue weighted by molar-refractivity contribution is -0.120. The Bertz CT molecular complexity index is 302. The average molecular weight is 386 g/mol. The van der Waals surface area contributed by atoms with Crippen LogP contribution >= 0.6 is 31.9 Å². The summed E-state index contributed by atoms with van der Waals surface area (Å²) in [4.78, 5) is 33.6. The van der Waals surface area contributed by atoms with Gasteiger partial charge < -0.3 is 0 Å². The molecule has 0 aliphatic heterocycles. The molecule has 0 bridgehead atoms. The van der Waals surface area contributed by atoms with Gasteiger partial charge in [0.1, 0.15) is 0 Å². The van der Waals surface area contributed by atoms with E-state index in [9.17, 15) is 14.4 Å². The van der Waals surface area contributed by atoms with E-state index in [1.54, 1.807) is 0 Å². The zero-order chi connectivity index (χ0) is 14.5. The third kappa shape index (κ3) is 5.95. The van der Waals surface area contributed by atoms with Gasteiger partial charge in [0.15, 0.2) is 0 Å². The molecule has 0 aromatic rings. The predicted molar refractivity (Wildman–Crippen MR) is 76.8 cm³/mol. The second-order valence-corrected chi connectivity index (χ2v) is 6.57. The van der Waals surface area contributed by atoms with Crippen LogP contribution in [0.1, 0.15) is 27.7 Å². The Balaban J connectivity index is 4.28. The second-order valence-electron chi connectivity index (χ2n) is 4.60. The van der Waals surface area contributed by atoms with Crippen molar-refractivity contribution in [2.45, 2.75) is 37.3 Å². The van der Waals surface area contributed by atoms with Crippen LogP contribution in [0, 0.1) is 11.8 Å². The number of halogens is 2. The lowest BCUT2D eigenvalue weighted by Crippen LogP contribution is -2.48. The SMILES string of the molecule is CC(C)C(Br)C(=O)NC(=O)NC(=O)C(Br)C(C)C. The number of amides is 4. The van der Waals surface area contributed by atoms with Crippen LogP contribution in [0.15, 0.2) is 0 Å². The number of hydrogen-bond donors (Lipinski definition) is 2. The van der Waals surface area contributed by atoms with Crippen molar-refractivity contribution < 1.29 is 14.4 Å². The molecule has 0 fully saturated rings. The van der Waals surface area contributed by atoms with Gasteiger partial charge in [0.25, 0.3) is 0 Å². The molecule has 2 unspecified atom stereocenters. The average Bonchev–Trinajstić information content (AvgIpc) is 2.25. The molecule has 2 atom stereocenters. The van der Waals surface area contributed by atoms with Gasteiger partial charge in [-0.25, -0.2) is 4.79 Å². The van der Waals surface area contributed by atoms with E-state index < -0.39 is 27.5 Å². The third-order valence-electron chi connectivity index (χ3n) is 2.15. The lowest BCUT2D eigenvalue weighted by atomic mass is 10.1. The maximum atomic E-state index is 11.5. The molecule has 104 valence electrons. The summed E-state index contributed by atoms with van der Waals surface area (Å²) in [6, 6.07) is -0.805. The van der Waals surface area contributed by atoms with E-state index in [4.69, 9.17) is 0 Å². The van der Waals surface area contributed by atoms with Crippen molar-refractivity contribution in [3.63, 3.8) is 0 Å². The van der Waals surface area contributed by atoms with Crippen molar-refractivity contribution in [1.29, 1.82) is 0 Å². The summed E-state index contributed by atoms with van der Waals surface area (Å²) in [7, 11) is 0. The molecule has 18 heavy (non-hydrogen) atoms. The van der Waals surface area contributed by atoms with Crippen LogP contribution in [0.3, 0.4) is 0 Å². The van der Waals surface area contributed by atoms with Gasteiger partial charge >= 0.3 is 6.03 Å². The number of imide groups is 2. The fraction of sp³-hybridized carbons (Fsp3) is 0.727. The number of urea groups is 1. The van der Waals surface area contributed by atoms with Crippen LogP contribution < -0.4 is 10.6 Å². The molecular weight excluding hydrogens is 368 g/mol. The minimum absolute atomic E-state index is 0.0492. The highest BCUT2D eigenvalue weighted by Gasteiger charge is 2.24. The summed E-state index contributed by atoms with van der Waals surface area (Å²) >= 11 is 6.34. The topological polar surface area (TPSA) is 75.3 Å². The summed E-state index contributed by atoms with van der Waals surface area (Å²) < 4.78 is 0. The Kier molecular flexibility index (Phi) is 7.70. The summed E-state index contributed by atoms with van der Waals surface area (Å²) in [6.07, 6.45) is 0. The fourth-order valence-electron chi connectivity index (χ4n) is 0.998. The van der Waals surface area contributed by atoms with Crippen molar-refractivity contribution in [1.82, 2.24) is 10.6 Å². The second kappa shape index (κ2) is 7.89. The van der Waals surface area contributed by atoms with Gasteiger partial charge in [0, 0.05) is 0 Å². The van der Waals surface area contributed by atoms with Crippen molar-refractivity contribution in [3.05, 3.63) is 0 Å². The van der Waals surface area contributed by atoms with E-state index in [-0.39, 0.29) is 11.8 Å². The van der Waals surface area contributed by atoms with Gasteiger partial charge in [-0.3, -0.25) is 20.2 Å². The van der Waals surface area contributed by atoms with E-state index >= 15 is 0 Å². The molecule has 0 rings (SSSR count). The molecule has 0 aliphatic rings. The lowest BCUT2D eigenvalue weighted by Gasteiger charge is -2.15. The summed E-state index contributed by atoms with van der Waals surface area (Å²) in [5.74, 6) is -0.835. The molecule has 0 heterocycles. The fourth-order valence-corrected chi connectivity index (χ4v) is 1.23. The smallest absolute Gasteiger partial charge is 0.277 e. The molecule has 0 aliphatic carbocycles. The highest BCUT2D eigenvalue weighted by molar-refractivity contribution is 9.10. The van der Waals surface area contributed by atoms with E-state index in [1.165, 1.54) is 0 Å². The molecule has 0 saturated carbocycles. The molecule has 0 aromatic carbocycles. The van der Waals surface area contributed by atoms with Crippen LogP contribution in [0.25, 0.3) is 0 Å². The van der Waals surface area contributed by atoms with E-state index in [0.29, 0.717) is 0 Å². The van der Waals surface area contributed by atoms with Gasteiger partial charge in [-0.1, -0.05) is 59.6 Å². The highest BCUT2D eigenvalue weighted by Crippen LogP contribution is 2.12. The number of carbonyl (C=O) groups is 3. The Morgan fingerprint density at radius 1 is 0.778 bits per heavy atom. The molecule has 2 N–H and O–H groups in total. The largest absolute Gasteiger partial charge is 0.328 e. The van der Waals surface area contributed by atoms with Crippen LogP contribution in [0.2, 0.25) is 0 Å². The maximum absolute atomic E-state index is 11.5. The van der Waals surface area contributed by atoms with Crippen LogP contribution in [-0.2, 0) is 9.59 Å². The first-order valence-electron chi connectivity index (χ1n) is 5.60. The Morgan fingerprint density at radius 3 is 1.28 bits per heavy atom. The van der Waals surface area contributed by atoms with Crippen LogP contribution in [0.4, 0.5) is 4.79 Å². The minimum Gasteiger partial charge on any atom is -0.277 e. The van der Waals surface area contributed by atoms with E-state index in [0.717, 1.165) is 0 Å². The Labute approximate surface area is 124 Å². The van der Waals surface area contributed by atoms with Crippen molar-refractivity contribution >= 4 is 49.7 Å². The Morgan fingerprint density at radius 2 is 1.06 bits per heavy atom. The molecule has 4 amide bonds. The quantitative estimate of drug-likeness (QED) is 0.728. The number of rotatable bonds is 4. The first-order valence-corrected chi connectivity index (χ1v) is 7.43. The van der Waals surface area contributed by atoms with Crippen LogP contribution in [-0.4, -0.2) is 27.5 Å². The number of alkyl halides is 2. The van der Waals surface area contributed by atoms with Crippen LogP contribution in [0.5, 0.6) is 0 Å². The molecule has 0 radical (unpaired) electrons. The highest BCUT2D eigenvalue weighted by atomic mass is 79.9. The molecule has 0 spiro atoms. The van der Waals surface area contributed by atoms with Gasteiger partial charge in [0.2, 0.25) is 11.8 Å². The molecule has 7 heteroatoms. The van der Waals surface area contributed by atoms with Crippen molar-refractivity contribution in [3.8, 4) is 0 Å². The number of nitrogens with one attached hydrogen (secondary N) is 2. The van der Waals surface area contributed by atoms with E-state index in [1.807, 2.05) is 27.7 Å². The molecule has 0 aromatic heterocycles. The molecule has 5 nitrogen and oxygen atoms in total. The minimum atomic E-state index is -0.805. The predicted octanol–water partition coefficient (Wildman–Crippen LogP) is 2.18. The van der Waals surface area contributed by atoms with Gasteiger partial charge in [-0.05, 0) is 11.8 Å². The molecular formula is C11H18Br2N2O3. The normalized spacial score (nSPS) is 14.2. The number of hydrogen-bond acceptors (Lipinski definition) is 3. The monoisotopic (exact) mass is 384 g/mol. The number of carbonyl (C=O) groups excluding carboxylic acids is 3. The van der Waals surface area contributed by atoms with Crippen molar-refractivity contribution in [2.24, 2.45) is 11.8 Å². The Hall–Kier alpha value is -0.430. The standard InChI is InChI=1S/C11H18Br2N2O3/c1-5(2)7(12)9(16)14-11(18)15-10(17)8(13)6(3)4/h5-8H,1-4H3,(H2,14,15,16,17,18).